The maximum absolute atomic E-state index is 11.6. The molecule has 0 spiro atoms. The Morgan fingerprint density at radius 2 is 2.12 bits per heavy atom. The Hall–Kier alpha value is -0.650. The van der Waals surface area contributed by atoms with E-state index in [4.69, 9.17) is 10.5 Å². The summed E-state index contributed by atoms with van der Waals surface area (Å²) in [6.45, 7) is 4.68. The Bertz CT molecular complexity index is 266. The van der Waals surface area contributed by atoms with Crippen molar-refractivity contribution in [3.05, 3.63) is 0 Å². The van der Waals surface area contributed by atoms with Gasteiger partial charge >= 0.3 is 5.97 Å². The van der Waals surface area contributed by atoms with E-state index in [1.807, 2.05) is 0 Å². The molecule has 0 aliphatic carbocycles. The molecule has 0 aromatic carbocycles. The van der Waals surface area contributed by atoms with E-state index in [2.05, 4.69) is 9.80 Å². The van der Waals surface area contributed by atoms with E-state index in [1.165, 1.54) is 33.0 Å². The van der Waals surface area contributed by atoms with Crippen molar-refractivity contribution in [1.82, 2.24) is 9.80 Å². The summed E-state index contributed by atoms with van der Waals surface area (Å²) in [5.41, 5.74) is 5.67. The normalized spacial score (nSPS) is 28.5. The van der Waals surface area contributed by atoms with Gasteiger partial charge in [0.25, 0.3) is 0 Å². The lowest BCUT2D eigenvalue weighted by Crippen LogP contribution is -2.47. The quantitative estimate of drug-likeness (QED) is 0.682. The number of methoxy groups -OCH3 is 1. The van der Waals surface area contributed by atoms with Crippen LogP contribution in [0.4, 0.5) is 0 Å². The zero-order valence-corrected chi connectivity index (χ0v) is 10.6. The van der Waals surface area contributed by atoms with Crippen LogP contribution in [0.15, 0.2) is 0 Å². The van der Waals surface area contributed by atoms with Crippen LogP contribution in [0.1, 0.15) is 19.3 Å². The van der Waals surface area contributed by atoms with Gasteiger partial charge in [0.15, 0.2) is 0 Å². The molecule has 0 bridgehead atoms. The van der Waals surface area contributed by atoms with E-state index in [1.54, 1.807) is 0 Å². The molecule has 5 heteroatoms. The summed E-state index contributed by atoms with van der Waals surface area (Å²) in [6.07, 6.45) is 3.77. The number of hydrogen-bond acceptors (Lipinski definition) is 5. The van der Waals surface area contributed by atoms with Gasteiger partial charge in [0.05, 0.1) is 7.11 Å². The summed E-state index contributed by atoms with van der Waals surface area (Å²) in [5, 5.41) is 0. The van der Waals surface area contributed by atoms with Crippen molar-refractivity contribution < 1.29 is 9.53 Å². The number of nitrogens with two attached hydrogens (primary N) is 1. The molecule has 2 aliphatic rings. The van der Waals surface area contributed by atoms with Gasteiger partial charge in [-0.3, -0.25) is 14.6 Å². The summed E-state index contributed by atoms with van der Waals surface area (Å²) in [7, 11) is 1.43. The minimum absolute atomic E-state index is 0.199. The van der Waals surface area contributed by atoms with Crippen LogP contribution in [0.5, 0.6) is 0 Å². The average Bonchev–Trinajstić information content (AvgIpc) is 2.99. The minimum atomic E-state index is -0.257. The Labute approximate surface area is 103 Å². The summed E-state index contributed by atoms with van der Waals surface area (Å²) < 4.78 is 4.80. The summed E-state index contributed by atoms with van der Waals surface area (Å²) in [4.78, 5) is 16.3. The molecule has 2 saturated heterocycles. The maximum atomic E-state index is 11.6. The Kier molecular flexibility index (Phi) is 4.36. The van der Waals surface area contributed by atoms with Crippen molar-refractivity contribution in [2.24, 2.45) is 5.73 Å². The van der Waals surface area contributed by atoms with Gasteiger partial charge < -0.3 is 10.5 Å². The fourth-order valence-corrected chi connectivity index (χ4v) is 2.99. The number of nitrogens with zero attached hydrogens (tertiary/aromatic N) is 2. The topological polar surface area (TPSA) is 58.8 Å². The van der Waals surface area contributed by atoms with Crippen molar-refractivity contribution in [1.29, 1.82) is 0 Å². The highest BCUT2D eigenvalue weighted by molar-refractivity contribution is 5.76. The first-order valence-corrected chi connectivity index (χ1v) is 6.52. The monoisotopic (exact) mass is 241 g/mol. The van der Waals surface area contributed by atoms with E-state index in [0.717, 1.165) is 19.5 Å². The van der Waals surface area contributed by atoms with Crippen LogP contribution in [0.25, 0.3) is 0 Å². The van der Waals surface area contributed by atoms with Gasteiger partial charge in [0, 0.05) is 25.7 Å². The summed E-state index contributed by atoms with van der Waals surface area (Å²) in [5.74, 6) is -0.199. The molecule has 2 aliphatic heterocycles. The third-order valence-corrected chi connectivity index (χ3v) is 3.99. The Balaban J connectivity index is 1.89. The van der Waals surface area contributed by atoms with E-state index < -0.39 is 0 Å². The maximum Gasteiger partial charge on any atom is 0.324 e. The zero-order chi connectivity index (χ0) is 12.3. The number of esters is 1. The Morgan fingerprint density at radius 1 is 1.41 bits per heavy atom. The lowest BCUT2D eigenvalue weighted by Gasteiger charge is -2.26. The van der Waals surface area contributed by atoms with Crippen molar-refractivity contribution in [3.63, 3.8) is 0 Å². The molecule has 0 aromatic heterocycles. The standard InChI is InChI=1S/C12H23N3O2/c1-17-12(16)11(8-13)15-7-4-10(9-15)14-5-2-3-6-14/h10-11H,2-9,13H2,1H3. The Morgan fingerprint density at radius 3 is 2.71 bits per heavy atom. The first kappa shape index (κ1) is 12.8. The molecule has 2 atom stereocenters. The van der Waals surface area contributed by atoms with Gasteiger partial charge in [-0.2, -0.15) is 0 Å². The first-order valence-electron chi connectivity index (χ1n) is 6.52. The second-order valence-electron chi connectivity index (χ2n) is 4.96. The van der Waals surface area contributed by atoms with Crippen LogP contribution in [-0.2, 0) is 9.53 Å². The highest BCUT2D eigenvalue weighted by Crippen LogP contribution is 2.21. The second kappa shape index (κ2) is 5.80. The molecule has 0 saturated carbocycles. The van der Waals surface area contributed by atoms with Crippen LogP contribution in [0.2, 0.25) is 0 Å². The SMILES string of the molecule is COC(=O)C(CN)N1CCC(N2CCCC2)C1. The van der Waals surface area contributed by atoms with Crippen LogP contribution in [0, 0.1) is 0 Å². The first-order chi connectivity index (χ1) is 8.26. The van der Waals surface area contributed by atoms with E-state index >= 15 is 0 Å². The molecular formula is C12H23N3O2. The number of likely N-dealkylation sites (tertiary alicyclic amines) is 2. The number of rotatable bonds is 4. The van der Waals surface area contributed by atoms with Crippen LogP contribution >= 0.6 is 0 Å². The molecular weight excluding hydrogens is 218 g/mol. The van der Waals surface area contributed by atoms with E-state index in [9.17, 15) is 4.79 Å². The van der Waals surface area contributed by atoms with Crippen LogP contribution in [0.3, 0.4) is 0 Å². The van der Waals surface area contributed by atoms with Crippen molar-refractivity contribution in [3.8, 4) is 0 Å². The fraction of sp³-hybridized carbons (Fsp3) is 0.917. The average molecular weight is 241 g/mol. The summed E-state index contributed by atoms with van der Waals surface area (Å²) in [6, 6.07) is 0.351. The van der Waals surface area contributed by atoms with Crippen molar-refractivity contribution >= 4 is 5.97 Å². The second-order valence-corrected chi connectivity index (χ2v) is 4.96. The highest BCUT2D eigenvalue weighted by atomic mass is 16.5. The molecule has 2 fully saturated rings. The number of hydrogen-bond donors (Lipinski definition) is 1. The van der Waals surface area contributed by atoms with E-state index in [0.29, 0.717) is 12.6 Å². The third kappa shape index (κ3) is 2.78. The molecule has 2 unspecified atom stereocenters. The molecule has 2 rings (SSSR count). The van der Waals surface area contributed by atoms with Gasteiger partial charge in [-0.1, -0.05) is 0 Å². The summed E-state index contributed by atoms with van der Waals surface area (Å²) >= 11 is 0. The van der Waals surface area contributed by atoms with Gasteiger partial charge in [0.2, 0.25) is 0 Å². The van der Waals surface area contributed by atoms with Gasteiger partial charge in [-0.25, -0.2) is 0 Å². The number of carbonyl (C=O) groups excluding carboxylic acids is 1. The predicted molar refractivity (Wildman–Crippen MR) is 65.6 cm³/mol. The predicted octanol–water partition coefficient (Wildman–Crippen LogP) is -0.343. The number of carbonyl (C=O) groups is 1. The fourth-order valence-electron chi connectivity index (χ4n) is 2.99. The van der Waals surface area contributed by atoms with Gasteiger partial charge in [-0.15, -0.1) is 0 Å². The lowest BCUT2D eigenvalue weighted by atomic mass is 10.2. The van der Waals surface area contributed by atoms with Crippen molar-refractivity contribution in [2.45, 2.75) is 31.3 Å². The molecule has 2 N–H and O–H groups in total. The molecule has 5 nitrogen and oxygen atoms in total. The van der Waals surface area contributed by atoms with Gasteiger partial charge in [0.1, 0.15) is 6.04 Å². The molecule has 98 valence electrons. The van der Waals surface area contributed by atoms with Gasteiger partial charge in [-0.05, 0) is 32.4 Å². The third-order valence-electron chi connectivity index (χ3n) is 3.99. The van der Waals surface area contributed by atoms with Crippen LogP contribution < -0.4 is 5.73 Å². The lowest BCUT2D eigenvalue weighted by molar-refractivity contribution is -0.146. The van der Waals surface area contributed by atoms with Crippen molar-refractivity contribution in [2.75, 3.05) is 39.8 Å². The zero-order valence-electron chi connectivity index (χ0n) is 10.6. The molecule has 2 heterocycles. The largest absolute Gasteiger partial charge is 0.468 e. The number of ether oxygens (including phenoxy) is 1. The molecule has 0 radical (unpaired) electrons. The minimum Gasteiger partial charge on any atom is -0.468 e. The van der Waals surface area contributed by atoms with E-state index in [-0.39, 0.29) is 12.0 Å². The molecule has 0 aromatic rings. The highest BCUT2D eigenvalue weighted by Gasteiger charge is 2.35. The smallest absolute Gasteiger partial charge is 0.324 e. The van der Waals surface area contributed by atoms with Crippen LogP contribution in [-0.4, -0.2) is 67.7 Å². The molecule has 17 heavy (non-hydrogen) atoms. The molecule has 0 amide bonds.